The summed E-state index contributed by atoms with van der Waals surface area (Å²) in [5.41, 5.74) is 0.640. The topological polar surface area (TPSA) is 79.9 Å². The second-order valence-corrected chi connectivity index (χ2v) is 6.00. The molecule has 5 nitrogen and oxygen atoms in total. The Labute approximate surface area is 115 Å². The molecular formula is C15H16O5. The standard InChI is InChI=1S/C15H16O5/c1-15(2)5-9(17)11-7-4-8(16)12(18)14(19-3)13(7)20-10(11)6-15/h4,16,18H,5-6H2,1-3H3. The molecule has 3 rings (SSSR count). The van der Waals surface area contributed by atoms with Gasteiger partial charge in [0.1, 0.15) is 5.76 Å². The van der Waals surface area contributed by atoms with E-state index in [-0.39, 0.29) is 28.4 Å². The summed E-state index contributed by atoms with van der Waals surface area (Å²) < 4.78 is 10.8. The monoisotopic (exact) mass is 276 g/mol. The van der Waals surface area contributed by atoms with Gasteiger partial charge in [0, 0.05) is 18.2 Å². The van der Waals surface area contributed by atoms with Crippen molar-refractivity contribution < 1.29 is 24.2 Å². The van der Waals surface area contributed by atoms with Crippen molar-refractivity contribution in [3.8, 4) is 17.2 Å². The van der Waals surface area contributed by atoms with Gasteiger partial charge in [-0.25, -0.2) is 0 Å². The van der Waals surface area contributed by atoms with Crippen molar-refractivity contribution in [3.05, 3.63) is 17.4 Å². The predicted molar refractivity (Wildman–Crippen MR) is 72.5 cm³/mol. The van der Waals surface area contributed by atoms with Crippen LogP contribution in [0.15, 0.2) is 10.5 Å². The van der Waals surface area contributed by atoms with Crippen molar-refractivity contribution in [3.63, 3.8) is 0 Å². The number of phenolic OH excluding ortho intramolecular Hbond substituents is 2. The number of hydrogen-bond acceptors (Lipinski definition) is 5. The van der Waals surface area contributed by atoms with Crippen LogP contribution in [-0.4, -0.2) is 23.1 Å². The van der Waals surface area contributed by atoms with Crippen LogP contribution in [0.4, 0.5) is 0 Å². The minimum absolute atomic E-state index is 0.0119. The minimum Gasteiger partial charge on any atom is -0.504 e. The highest BCUT2D eigenvalue weighted by molar-refractivity contribution is 6.11. The number of carbonyl (C=O) groups excluding carboxylic acids is 1. The number of aromatic hydroxyl groups is 2. The molecule has 0 saturated carbocycles. The van der Waals surface area contributed by atoms with Crippen LogP contribution < -0.4 is 4.74 Å². The van der Waals surface area contributed by atoms with E-state index < -0.39 is 0 Å². The van der Waals surface area contributed by atoms with E-state index in [1.807, 2.05) is 13.8 Å². The molecule has 1 aromatic carbocycles. The molecule has 1 aliphatic rings. The van der Waals surface area contributed by atoms with Gasteiger partial charge in [0.15, 0.2) is 17.1 Å². The molecule has 0 spiro atoms. The number of rotatable bonds is 1. The molecule has 0 aliphatic heterocycles. The van der Waals surface area contributed by atoms with Crippen LogP contribution in [0.5, 0.6) is 17.2 Å². The number of phenols is 2. The lowest BCUT2D eigenvalue weighted by atomic mass is 9.76. The molecule has 1 aliphatic carbocycles. The summed E-state index contributed by atoms with van der Waals surface area (Å²) in [7, 11) is 1.38. The molecule has 106 valence electrons. The molecule has 2 N–H and O–H groups in total. The Morgan fingerprint density at radius 3 is 2.65 bits per heavy atom. The molecule has 0 fully saturated rings. The fraction of sp³-hybridized carbons (Fsp3) is 0.400. The third kappa shape index (κ3) is 1.66. The Morgan fingerprint density at radius 1 is 1.30 bits per heavy atom. The van der Waals surface area contributed by atoms with Gasteiger partial charge in [0.05, 0.1) is 12.7 Å². The van der Waals surface area contributed by atoms with Gasteiger partial charge in [-0.15, -0.1) is 0 Å². The van der Waals surface area contributed by atoms with E-state index in [0.717, 1.165) is 0 Å². The molecule has 1 aromatic heterocycles. The zero-order valence-corrected chi connectivity index (χ0v) is 11.6. The predicted octanol–water partition coefficient (Wildman–Crippen LogP) is 3.01. The lowest BCUT2D eigenvalue weighted by Crippen LogP contribution is -2.25. The van der Waals surface area contributed by atoms with Crippen LogP contribution in [0.25, 0.3) is 11.0 Å². The number of benzene rings is 1. The summed E-state index contributed by atoms with van der Waals surface area (Å²) in [6.07, 6.45) is 1.06. The summed E-state index contributed by atoms with van der Waals surface area (Å²) in [6, 6.07) is 1.35. The van der Waals surface area contributed by atoms with Gasteiger partial charge >= 0.3 is 0 Å². The maximum Gasteiger partial charge on any atom is 0.208 e. The van der Waals surface area contributed by atoms with Crippen LogP contribution in [0, 0.1) is 5.41 Å². The average Bonchev–Trinajstić information content (AvgIpc) is 2.66. The molecule has 0 unspecified atom stereocenters. The Kier molecular flexibility index (Phi) is 2.51. The summed E-state index contributed by atoms with van der Waals surface area (Å²) in [4.78, 5) is 12.3. The highest BCUT2D eigenvalue weighted by Gasteiger charge is 2.36. The number of methoxy groups -OCH3 is 1. The molecule has 0 saturated heterocycles. The molecule has 5 heteroatoms. The molecule has 2 aromatic rings. The normalized spacial score (nSPS) is 17.2. The highest BCUT2D eigenvalue weighted by Crippen LogP contribution is 2.47. The van der Waals surface area contributed by atoms with Gasteiger partial charge in [-0.1, -0.05) is 13.8 Å². The van der Waals surface area contributed by atoms with Crippen molar-refractivity contribution >= 4 is 16.8 Å². The number of ketones is 1. The van der Waals surface area contributed by atoms with E-state index >= 15 is 0 Å². The van der Waals surface area contributed by atoms with Crippen LogP contribution in [0.3, 0.4) is 0 Å². The first kappa shape index (κ1) is 12.8. The summed E-state index contributed by atoms with van der Waals surface area (Å²) >= 11 is 0. The Hall–Kier alpha value is -2.17. The summed E-state index contributed by atoms with van der Waals surface area (Å²) in [5.74, 6) is -0.0694. The maximum atomic E-state index is 12.3. The van der Waals surface area contributed by atoms with Crippen molar-refractivity contribution in [2.24, 2.45) is 5.41 Å². The van der Waals surface area contributed by atoms with E-state index in [1.54, 1.807) is 0 Å². The Morgan fingerprint density at radius 2 is 2.00 bits per heavy atom. The highest BCUT2D eigenvalue weighted by atomic mass is 16.5. The van der Waals surface area contributed by atoms with Crippen LogP contribution in [0.2, 0.25) is 0 Å². The number of fused-ring (bicyclic) bond motifs is 3. The summed E-state index contributed by atoms with van der Waals surface area (Å²) in [5, 5.41) is 20.1. The van der Waals surface area contributed by atoms with E-state index in [4.69, 9.17) is 9.15 Å². The second kappa shape index (κ2) is 3.91. The smallest absolute Gasteiger partial charge is 0.208 e. The lowest BCUT2D eigenvalue weighted by molar-refractivity contribution is 0.0905. The SMILES string of the molecule is COc1c(O)c(O)cc2c3c(oc12)CC(C)(C)CC3=O. The van der Waals surface area contributed by atoms with Crippen molar-refractivity contribution in [2.75, 3.05) is 7.11 Å². The average molecular weight is 276 g/mol. The molecular weight excluding hydrogens is 260 g/mol. The van der Waals surface area contributed by atoms with E-state index in [9.17, 15) is 15.0 Å². The first-order chi connectivity index (χ1) is 9.34. The lowest BCUT2D eigenvalue weighted by Gasteiger charge is -2.27. The fourth-order valence-electron chi connectivity index (χ4n) is 2.87. The van der Waals surface area contributed by atoms with Gasteiger partial charge in [0.2, 0.25) is 11.5 Å². The second-order valence-electron chi connectivity index (χ2n) is 6.00. The number of carbonyl (C=O) groups is 1. The van der Waals surface area contributed by atoms with E-state index in [1.165, 1.54) is 13.2 Å². The quantitative estimate of drug-likeness (QED) is 0.783. The van der Waals surface area contributed by atoms with Crippen molar-refractivity contribution in [1.82, 2.24) is 0 Å². The molecule has 0 radical (unpaired) electrons. The molecule has 0 bridgehead atoms. The molecule has 1 heterocycles. The maximum absolute atomic E-state index is 12.3. The van der Waals surface area contributed by atoms with E-state index in [0.29, 0.717) is 35.1 Å². The third-order valence-electron chi connectivity index (χ3n) is 3.72. The van der Waals surface area contributed by atoms with Gasteiger partial charge in [-0.2, -0.15) is 0 Å². The van der Waals surface area contributed by atoms with Crippen LogP contribution >= 0.6 is 0 Å². The van der Waals surface area contributed by atoms with Crippen molar-refractivity contribution in [2.45, 2.75) is 26.7 Å². The van der Waals surface area contributed by atoms with Gasteiger partial charge in [0.25, 0.3) is 0 Å². The third-order valence-corrected chi connectivity index (χ3v) is 3.72. The first-order valence-corrected chi connectivity index (χ1v) is 6.41. The minimum atomic E-state index is -0.377. The number of ether oxygens (including phenoxy) is 1. The fourth-order valence-corrected chi connectivity index (χ4v) is 2.87. The van der Waals surface area contributed by atoms with Crippen LogP contribution in [-0.2, 0) is 6.42 Å². The van der Waals surface area contributed by atoms with Crippen LogP contribution in [0.1, 0.15) is 36.4 Å². The molecule has 0 amide bonds. The molecule has 20 heavy (non-hydrogen) atoms. The summed E-state index contributed by atoms with van der Waals surface area (Å²) in [6.45, 7) is 4.01. The van der Waals surface area contributed by atoms with Crippen molar-refractivity contribution in [1.29, 1.82) is 0 Å². The molecule has 0 atom stereocenters. The van der Waals surface area contributed by atoms with Gasteiger partial charge in [-0.05, 0) is 11.5 Å². The number of hydrogen-bond donors (Lipinski definition) is 2. The first-order valence-electron chi connectivity index (χ1n) is 6.41. The Bertz CT molecular complexity index is 724. The zero-order valence-electron chi connectivity index (χ0n) is 11.6. The van der Waals surface area contributed by atoms with Gasteiger partial charge < -0.3 is 19.4 Å². The van der Waals surface area contributed by atoms with E-state index in [2.05, 4.69) is 0 Å². The largest absolute Gasteiger partial charge is 0.504 e. The number of furan rings is 1. The Balaban J connectivity index is 2.36. The zero-order chi connectivity index (χ0) is 14.7. The van der Waals surface area contributed by atoms with Gasteiger partial charge in [-0.3, -0.25) is 4.79 Å². The number of Topliss-reactive ketones (excluding diaryl/α,β-unsaturated/α-hetero) is 1.